The average Bonchev–Trinajstić information content (AvgIpc) is 2.50. The Bertz CT molecular complexity index is 350. The topological polar surface area (TPSA) is 53.1 Å². The minimum absolute atomic E-state index is 0.646. The van der Waals surface area contributed by atoms with Gasteiger partial charge in [0.2, 0.25) is 5.89 Å². The number of aromatic nitrogens is 1. The van der Waals surface area contributed by atoms with Crippen LogP contribution in [0.2, 0.25) is 0 Å². The molecule has 0 saturated carbocycles. The summed E-state index contributed by atoms with van der Waals surface area (Å²) in [6.07, 6.45) is 3.19. The summed E-state index contributed by atoms with van der Waals surface area (Å²) in [5.41, 5.74) is 0.952. The van der Waals surface area contributed by atoms with Crippen LogP contribution in [-0.2, 0) is 6.54 Å². The zero-order valence-electron chi connectivity index (χ0n) is 9.34. The third-order valence-corrected chi connectivity index (χ3v) is 2.87. The Morgan fingerprint density at radius 3 is 2.80 bits per heavy atom. The Balaban J connectivity index is 2.04. The smallest absolute Gasteiger partial charge is 0.214 e. The highest BCUT2D eigenvalue weighted by Gasteiger charge is 2.17. The van der Waals surface area contributed by atoms with Crippen molar-refractivity contribution >= 4 is 5.84 Å². The van der Waals surface area contributed by atoms with Crippen molar-refractivity contribution in [1.29, 1.82) is 5.41 Å². The molecule has 0 spiro atoms. The molecule has 1 N–H and O–H groups in total. The molecule has 1 aromatic rings. The fourth-order valence-corrected chi connectivity index (χ4v) is 1.83. The van der Waals surface area contributed by atoms with Gasteiger partial charge in [0.25, 0.3) is 0 Å². The fourth-order valence-electron chi connectivity index (χ4n) is 1.83. The second-order valence-electron chi connectivity index (χ2n) is 4.07. The van der Waals surface area contributed by atoms with E-state index >= 15 is 0 Å². The second-order valence-corrected chi connectivity index (χ2v) is 4.07. The monoisotopic (exact) mass is 207 g/mol. The van der Waals surface area contributed by atoms with Gasteiger partial charge < -0.3 is 9.32 Å². The molecule has 0 unspecified atom stereocenters. The van der Waals surface area contributed by atoms with E-state index in [0.717, 1.165) is 42.6 Å². The summed E-state index contributed by atoms with van der Waals surface area (Å²) in [5.74, 6) is 2.33. The lowest BCUT2D eigenvalue weighted by atomic mass is 10.1. The first-order valence-corrected chi connectivity index (χ1v) is 5.42. The van der Waals surface area contributed by atoms with Gasteiger partial charge in [-0.05, 0) is 26.7 Å². The molecule has 1 aliphatic rings. The minimum atomic E-state index is 0.646. The van der Waals surface area contributed by atoms with Gasteiger partial charge in [0.1, 0.15) is 5.76 Å². The van der Waals surface area contributed by atoms with Crippen molar-refractivity contribution in [3.05, 3.63) is 17.3 Å². The van der Waals surface area contributed by atoms with Gasteiger partial charge in [-0.25, -0.2) is 4.98 Å². The third-order valence-electron chi connectivity index (χ3n) is 2.87. The Morgan fingerprint density at radius 1 is 1.40 bits per heavy atom. The van der Waals surface area contributed by atoms with Gasteiger partial charge in [-0.1, -0.05) is 0 Å². The molecule has 15 heavy (non-hydrogen) atoms. The number of nitrogens with zero attached hydrogens (tertiary/aromatic N) is 2. The van der Waals surface area contributed by atoms with Crippen LogP contribution in [0.5, 0.6) is 0 Å². The normalized spacial score (nSPS) is 17.2. The predicted molar refractivity (Wildman–Crippen MR) is 58.0 cm³/mol. The van der Waals surface area contributed by atoms with Gasteiger partial charge in [-0.2, -0.15) is 0 Å². The standard InChI is InChI=1S/C11H17N3O/c1-8-9(2)15-11(13-8)7-14-6-4-3-5-10(14)12/h12H,3-7H2,1-2H3. The van der Waals surface area contributed by atoms with Crippen molar-refractivity contribution in [1.82, 2.24) is 9.88 Å². The molecule has 1 aromatic heterocycles. The molecule has 0 aromatic carbocycles. The van der Waals surface area contributed by atoms with Crippen LogP contribution >= 0.6 is 0 Å². The zero-order valence-corrected chi connectivity index (χ0v) is 9.34. The molecule has 0 radical (unpaired) electrons. The van der Waals surface area contributed by atoms with E-state index in [1.54, 1.807) is 0 Å². The van der Waals surface area contributed by atoms with Gasteiger partial charge in [0.05, 0.1) is 18.1 Å². The maximum absolute atomic E-state index is 7.81. The number of nitrogens with one attached hydrogen (secondary N) is 1. The van der Waals surface area contributed by atoms with Crippen molar-refractivity contribution in [3.8, 4) is 0 Å². The molecule has 4 heteroatoms. The van der Waals surface area contributed by atoms with Gasteiger partial charge in [-0.3, -0.25) is 5.41 Å². The Hall–Kier alpha value is -1.32. The molecule has 1 saturated heterocycles. The van der Waals surface area contributed by atoms with E-state index in [9.17, 15) is 0 Å². The molecule has 82 valence electrons. The minimum Gasteiger partial charge on any atom is -0.444 e. The number of likely N-dealkylation sites (tertiary alicyclic amines) is 1. The molecular formula is C11H17N3O. The van der Waals surface area contributed by atoms with Crippen molar-refractivity contribution < 1.29 is 4.42 Å². The molecule has 1 fully saturated rings. The molecular weight excluding hydrogens is 190 g/mol. The van der Waals surface area contributed by atoms with Crippen molar-refractivity contribution in [2.75, 3.05) is 6.54 Å². The first kappa shape index (κ1) is 10.2. The van der Waals surface area contributed by atoms with E-state index in [4.69, 9.17) is 9.83 Å². The number of amidine groups is 1. The van der Waals surface area contributed by atoms with Crippen molar-refractivity contribution in [2.24, 2.45) is 0 Å². The average molecular weight is 207 g/mol. The van der Waals surface area contributed by atoms with Crippen molar-refractivity contribution in [2.45, 2.75) is 39.7 Å². The molecule has 4 nitrogen and oxygen atoms in total. The van der Waals surface area contributed by atoms with Gasteiger partial charge in [0, 0.05) is 13.0 Å². The van der Waals surface area contributed by atoms with Gasteiger partial charge in [0.15, 0.2) is 0 Å². The highest BCUT2D eigenvalue weighted by atomic mass is 16.4. The van der Waals surface area contributed by atoms with E-state index in [1.807, 2.05) is 18.7 Å². The van der Waals surface area contributed by atoms with Crippen LogP contribution in [0, 0.1) is 19.3 Å². The molecule has 0 amide bonds. The van der Waals surface area contributed by atoms with Crippen LogP contribution in [0.3, 0.4) is 0 Å². The highest BCUT2D eigenvalue weighted by Crippen LogP contribution is 2.15. The summed E-state index contributed by atoms with van der Waals surface area (Å²) in [6, 6.07) is 0. The molecule has 0 atom stereocenters. The number of hydrogen-bond donors (Lipinski definition) is 1. The number of oxazole rings is 1. The molecule has 2 rings (SSSR count). The van der Waals surface area contributed by atoms with E-state index in [2.05, 4.69) is 4.98 Å². The van der Waals surface area contributed by atoms with Crippen LogP contribution in [0.1, 0.15) is 36.6 Å². The molecule has 0 bridgehead atoms. The lowest BCUT2D eigenvalue weighted by molar-refractivity contribution is 0.316. The Labute approximate surface area is 89.8 Å². The molecule has 0 aliphatic carbocycles. The van der Waals surface area contributed by atoms with Gasteiger partial charge >= 0.3 is 0 Å². The number of rotatable bonds is 2. The number of hydrogen-bond acceptors (Lipinski definition) is 3. The van der Waals surface area contributed by atoms with Crippen molar-refractivity contribution in [3.63, 3.8) is 0 Å². The van der Waals surface area contributed by atoms with Crippen LogP contribution in [-0.4, -0.2) is 22.3 Å². The first-order valence-electron chi connectivity index (χ1n) is 5.42. The lowest BCUT2D eigenvalue weighted by Gasteiger charge is -2.27. The maximum atomic E-state index is 7.81. The second kappa shape index (κ2) is 4.04. The highest BCUT2D eigenvalue weighted by molar-refractivity contribution is 5.79. The van der Waals surface area contributed by atoms with Crippen LogP contribution < -0.4 is 0 Å². The summed E-state index contributed by atoms with van der Waals surface area (Å²) in [6.45, 7) is 5.48. The quantitative estimate of drug-likeness (QED) is 0.809. The Kier molecular flexibility index (Phi) is 2.75. The van der Waals surface area contributed by atoms with Gasteiger partial charge in [-0.15, -0.1) is 0 Å². The SMILES string of the molecule is Cc1nc(CN2CCCCC2=N)oc1C. The Morgan fingerprint density at radius 2 is 2.20 bits per heavy atom. The number of piperidine rings is 1. The van der Waals surface area contributed by atoms with E-state index in [1.165, 1.54) is 6.42 Å². The summed E-state index contributed by atoms with van der Waals surface area (Å²) >= 11 is 0. The zero-order chi connectivity index (χ0) is 10.8. The largest absolute Gasteiger partial charge is 0.444 e. The summed E-state index contributed by atoms with van der Waals surface area (Å²) < 4.78 is 5.52. The van der Waals surface area contributed by atoms with E-state index in [-0.39, 0.29) is 0 Å². The van der Waals surface area contributed by atoms with E-state index in [0.29, 0.717) is 6.54 Å². The number of aryl methyl sites for hydroxylation is 2. The van der Waals surface area contributed by atoms with E-state index < -0.39 is 0 Å². The lowest BCUT2D eigenvalue weighted by Crippen LogP contribution is -2.34. The summed E-state index contributed by atoms with van der Waals surface area (Å²) in [4.78, 5) is 6.38. The summed E-state index contributed by atoms with van der Waals surface area (Å²) in [5, 5.41) is 7.81. The van der Waals surface area contributed by atoms with Crippen LogP contribution in [0.4, 0.5) is 0 Å². The third kappa shape index (κ3) is 2.19. The summed E-state index contributed by atoms with van der Waals surface area (Å²) in [7, 11) is 0. The first-order chi connectivity index (χ1) is 7.16. The molecule has 1 aliphatic heterocycles. The molecule has 2 heterocycles. The maximum Gasteiger partial charge on any atom is 0.214 e. The van der Waals surface area contributed by atoms with Crippen LogP contribution in [0.25, 0.3) is 0 Å². The van der Waals surface area contributed by atoms with Crippen LogP contribution in [0.15, 0.2) is 4.42 Å². The fraction of sp³-hybridized carbons (Fsp3) is 0.636. The predicted octanol–water partition coefficient (Wildman–Crippen LogP) is 2.25.